The first-order valence-electron chi connectivity index (χ1n) is 5.21. The Balaban J connectivity index is 2.50. The van der Waals surface area contributed by atoms with Crippen molar-refractivity contribution < 1.29 is 9.50 Å². The Morgan fingerprint density at radius 3 is 2.94 bits per heavy atom. The van der Waals surface area contributed by atoms with Crippen LogP contribution in [0, 0.1) is 17.1 Å². The number of halogens is 1. The van der Waals surface area contributed by atoms with Crippen LogP contribution in [0.25, 0.3) is 0 Å². The van der Waals surface area contributed by atoms with Crippen molar-refractivity contribution in [1.82, 2.24) is 5.32 Å². The fourth-order valence-electron chi connectivity index (χ4n) is 1.31. The molecule has 1 aromatic carbocycles. The van der Waals surface area contributed by atoms with Gasteiger partial charge in [0.1, 0.15) is 5.82 Å². The molecule has 16 heavy (non-hydrogen) atoms. The van der Waals surface area contributed by atoms with Crippen LogP contribution in [0.4, 0.5) is 4.39 Å². The highest BCUT2D eigenvalue weighted by Gasteiger charge is 2.03. The number of nitrogens with zero attached hydrogens (tertiary/aromatic N) is 1. The quantitative estimate of drug-likeness (QED) is 0.743. The largest absolute Gasteiger partial charge is 0.393 e. The van der Waals surface area contributed by atoms with Crippen molar-refractivity contribution in [3.63, 3.8) is 0 Å². The zero-order chi connectivity index (χ0) is 12.0. The minimum atomic E-state index is -0.359. The van der Waals surface area contributed by atoms with Crippen LogP contribution in [0.5, 0.6) is 0 Å². The van der Waals surface area contributed by atoms with Crippen molar-refractivity contribution in [3.8, 4) is 6.07 Å². The summed E-state index contributed by atoms with van der Waals surface area (Å²) in [5, 5.41) is 20.7. The van der Waals surface area contributed by atoms with E-state index in [1.165, 1.54) is 18.2 Å². The van der Waals surface area contributed by atoms with Crippen molar-refractivity contribution in [3.05, 3.63) is 35.1 Å². The van der Waals surface area contributed by atoms with Gasteiger partial charge in [0.05, 0.1) is 17.7 Å². The molecule has 0 saturated carbocycles. The second-order valence-electron chi connectivity index (χ2n) is 3.73. The molecule has 0 aliphatic carbocycles. The summed E-state index contributed by atoms with van der Waals surface area (Å²) in [6, 6.07) is 6.25. The van der Waals surface area contributed by atoms with E-state index in [0.717, 1.165) is 0 Å². The number of nitrogens with one attached hydrogen (secondary N) is 1. The van der Waals surface area contributed by atoms with Crippen LogP contribution in [-0.4, -0.2) is 17.8 Å². The summed E-state index contributed by atoms with van der Waals surface area (Å²) in [6.45, 7) is 2.69. The molecule has 0 aliphatic rings. The third-order valence-electron chi connectivity index (χ3n) is 2.23. The highest BCUT2D eigenvalue weighted by Crippen LogP contribution is 2.09. The Hall–Kier alpha value is -1.44. The maximum Gasteiger partial charge on any atom is 0.127 e. The number of benzene rings is 1. The van der Waals surface area contributed by atoms with Crippen LogP contribution in [-0.2, 0) is 6.54 Å². The molecule has 0 radical (unpaired) electrons. The maximum absolute atomic E-state index is 13.3. The minimum Gasteiger partial charge on any atom is -0.393 e. The molecule has 1 rings (SSSR count). The van der Waals surface area contributed by atoms with Crippen molar-refractivity contribution in [1.29, 1.82) is 5.26 Å². The van der Waals surface area contributed by atoms with Crippen molar-refractivity contribution in [2.75, 3.05) is 6.54 Å². The average molecular weight is 222 g/mol. The van der Waals surface area contributed by atoms with E-state index in [9.17, 15) is 4.39 Å². The molecule has 0 bridgehead atoms. The number of rotatable bonds is 5. The highest BCUT2D eigenvalue weighted by molar-refractivity contribution is 5.33. The summed E-state index contributed by atoms with van der Waals surface area (Å²) >= 11 is 0. The third kappa shape index (κ3) is 3.97. The van der Waals surface area contributed by atoms with E-state index in [2.05, 4.69) is 5.32 Å². The van der Waals surface area contributed by atoms with Crippen molar-refractivity contribution >= 4 is 0 Å². The molecule has 2 N–H and O–H groups in total. The number of hydrogen-bond acceptors (Lipinski definition) is 3. The van der Waals surface area contributed by atoms with Crippen LogP contribution in [0.3, 0.4) is 0 Å². The van der Waals surface area contributed by atoms with E-state index >= 15 is 0 Å². The smallest absolute Gasteiger partial charge is 0.127 e. The predicted molar refractivity (Wildman–Crippen MR) is 59.1 cm³/mol. The third-order valence-corrected chi connectivity index (χ3v) is 2.23. The minimum absolute atomic E-state index is 0.316. The van der Waals surface area contributed by atoms with E-state index in [0.29, 0.717) is 30.6 Å². The van der Waals surface area contributed by atoms with Crippen LogP contribution in [0.15, 0.2) is 18.2 Å². The van der Waals surface area contributed by atoms with Crippen molar-refractivity contribution in [2.24, 2.45) is 0 Å². The number of aliphatic hydroxyl groups excluding tert-OH is 1. The highest BCUT2D eigenvalue weighted by atomic mass is 19.1. The molecule has 0 aromatic heterocycles. The topological polar surface area (TPSA) is 56.0 Å². The molecule has 1 aromatic rings. The first-order chi connectivity index (χ1) is 7.63. The Kier molecular flexibility index (Phi) is 4.90. The van der Waals surface area contributed by atoms with Crippen molar-refractivity contribution in [2.45, 2.75) is 26.0 Å². The summed E-state index contributed by atoms with van der Waals surface area (Å²) in [4.78, 5) is 0. The van der Waals surface area contributed by atoms with E-state index in [4.69, 9.17) is 10.4 Å². The van der Waals surface area contributed by atoms with Gasteiger partial charge in [-0.2, -0.15) is 5.26 Å². The zero-order valence-electron chi connectivity index (χ0n) is 9.20. The van der Waals surface area contributed by atoms with Gasteiger partial charge in [-0.15, -0.1) is 0 Å². The van der Waals surface area contributed by atoms with Crippen LogP contribution in [0.1, 0.15) is 24.5 Å². The Labute approximate surface area is 94.5 Å². The lowest BCUT2D eigenvalue weighted by atomic mass is 10.1. The molecule has 3 nitrogen and oxygen atoms in total. The molecule has 0 spiro atoms. The molecule has 0 fully saturated rings. The van der Waals surface area contributed by atoms with Crippen LogP contribution in [0.2, 0.25) is 0 Å². The standard InChI is InChI=1S/C12H15FN2O/c1-9(16)4-5-15-8-11-6-10(7-14)2-3-12(11)13/h2-3,6,9,15-16H,4-5,8H2,1H3. The second kappa shape index (κ2) is 6.21. The van der Waals surface area contributed by atoms with Gasteiger partial charge in [-0.05, 0) is 38.1 Å². The lowest BCUT2D eigenvalue weighted by molar-refractivity contribution is 0.183. The predicted octanol–water partition coefficient (Wildman–Crippen LogP) is 1.56. The van der Waals surface area contributed by atoms with E-state index < -0.39 is 0 Å². The van der Waals surface area contributed by atoms with Crippen LogP contribution >= 0.6 is 0 Å². The summed E-state index contributed by atoms with van der Waals surface area (Å²) in [5.41, 5.74) is 0.929. The van der Waals surface area contributed by atoms with E-state index in [-0.39, 0.29) is 11.9 Å². The van der Waals surface area contributed by atoms with Gasteiger partial charge in [0, 0.05) is 12.1 Å². The SMILES string of the molecule is CC(O)CCNCc1cc(C#N)ccc1F. The molecule has 86 valence electrons. The monoisotopic (exact) mass is 222 g/mol. The maximum atomic E-state index is 13.3. The molecular formula is C12H15FN2O. The Bertz CT molecular complexity index is 385. The summed E-state index contributed by atoms with van der Waals surface area (Å²) in [5.74, 6) is -0.316. The van der Waals surface area contributed by atoms with Gasteiger partial charge >= 0.3 is 0 Å². The molecule has 0 aliphatic heterocycles. The molecule has 1 unspecified atom stereocenters. The molecule has 0 heterocycles. The van der Waals surface area contributed by atoms with Gasteiger partial charge in [-0.3, -0.25) is 0 Å². The Morgan fingerprint density at radius 1 is 1.56 bits per heavy atom. The summed E-state index contributed by atoms with van der Waals surface area (Å²) < 4.78 is 13.3. The lowest BCUT2D eigenvalue weighted by Crippen LogP contribution is -2.19. The fraction of sp³-hybridized carbons (Fsp3) is 0.417. The molecule has 0 saturated heterocycles. The molecular weight excluding hydrogens is 207 g/mol. The molecule has 0 amide bonds. The fourth-order valence-corrected chi connectivity index (χ4v) is 1.31. The van der Waals surface area contributed by atoms with Gasteiger partial charge in [0.25, 0.3) is 0 Å². The second-order valence-corrected chi connectivity index (χ2v) is 3.73. The van der Waals surface area contributed by atoms with Gasteiger partial charge in [-0.25, -0.2) is 4.39 Å². The first kappa shape index (κ1) is 12.6. The van der Waals surface area contributed by atoms with Crippen LogP contribution < -0.4 is 5.32 Å². The average Bonchev–Trinajstić information content (AvgIpc) is 2.26. The molecule has 1 atom stereocenters. The van der Waals surface area contributed by atoms with Gasteiger partial charge in [0.2, 0.25) is 0 Å². The van der Waals surface area contributed by atoms with E-state index in [1.807, 2.05) is 6.07 Å². The van der Waals surface area contributed by atoms with Gasteiger partial charge in [-0.1, -0.05) is 0 Å². The van der Waals surface area contributed by atoms with E-state index in [1.54, 1.807) is 6.92 Å². The van der Waals surface area contributed by atoms with Gasteiger partial charge < -0.3 is 10.4 Å². The summed E-state index contributed by atoms with van der Waals surface area (Å²) in [6.07, 6.45) is 0.266. The number of nitriles is 1. The van der Waals surface area contributed by atoms with Gasteiger partial charge in [0.15, 0.2) is 0 Å². The molecule has 4 heteroatoms. The lowest BCUT2D eigenvalue weighted by Gasteiger charge is -2.07. The number of hydrogen-bond donors (Lipinski definition) is 2. The normalized spacial score (nSPS) is 12.1. The zero-order valence-corrected chi connectivity index (χ0v) is 9.20. The first-order valence-corrected chi connectivity index (χ1v) is 5.21. The Morgan fingerprint density at radius 2 is 2.31 bits per heavy atom. The summed E-state index contributed by atoms with van der Waals surface area (Å²) in [7, 11) is 0. The number of aliphatic hydroxyl groups is 1.